The molecular formula is C32H36N4O3. The number of hydrogen-bond donors (Lipinski definition) is 1. The van der Waals surface area contributed by atoms with E-state index in [-0.39, 0.29) is 29.4 Å². The zero-order valence-electron chi connectivity index (χ0n) is 22.8. The molecule has 3 atom stereocenters. The van der Waals surface area contributed by atoms with E-state index in [0.29, 0.717) is 48.9 Å². The Morgan fingerprint density at radius 1 is 1.08 bits per heavy atom. The predicted molar refractivity (Wildman–Crippen MR) is 153 cm³/mol. The monoisotopic (exact) mass is 524 g/mol. The first-order valence-corrected chi connectivity index (χ1v) is 13.7. The highest BCUT2D eigenvalue weighted by molar-refractivity contribution is 5.94. The number of fused-ring (bicyclic) bond motifs is 3. The lowest BCUT2D eigenvalue weighted by molar-refractivity contribution is 0.0601. The van der Waals surface area contributed by atoms with E-state index in [1.807, 2.05) is 90.7 Å². The molecule has 5 rings (SSSR count). The molecule has 7 nitrogen and oxygen atoms in total. The Morgan fingerprint density at radius 3 is 2.49 bits per heavy atom. The highest BCUT2D eigenvalue weighted by atomic mass is 16.5. The average molecular weight is 525 g/mol. The lowest BCUT2D eigenvalue weighted by Crippen LogP contribution is -2.42. The number of benzene rings is 2. The van der Waals surface area contributed by atoms with Gasteiger partial charge in [-0.05, 0) is 49.6 Å². The molecule has 39 heavy (non-hydrogen) atoms. The molecule has 0 fully saturated rings. The summed E-state index contributed by atoms with van der Waals surface area (Å²) in [7, 11) is 0. The molecule has 2 aromatic carbocycles. The van der Waals surface area contributed by atoms with Crippen molar-refractivity contribution in [1.82, 2.24) is 14.5 Å². The zero-order chi connectivity index (χ0) is 27.5. The highest BCUT2D eigenvalue weighted by Crippen LogP contribution is 2.40. The van der Waals surface area contributed by atoms with Crippen molar-refractivity contribution < 1.29 is 9.53 Å². The van der Waals surface area contributed by atoms with Crippen LogP contribution in [0, 0.1) is 12.8 Å². The Morgan fingerprint density at radius 2 is 1.79 bits per heavy atom. The Bertz CT molecular complexity index is 1440. The van der Waals surface area contributed by atoms with Crippen LogP contribution in [0.1, 0.15) is 65.2 Å². The lowest BCUT2D eigenvalue weighted by Gasteiger charge is -2.35. The Kier molecular flexibility index (Phi) is 7.79. The second kappa shape index (κ2) is 11.4. The molecule has 0 spiro atoms. The van der Waals surface area contributed by atoms with Gasteiger partial charge in [0.1, 0.15) is 17.6 Å². The fourth-order valence-electron chi connectivity index (χ4n) is 5.42. The molecule has 2 heterocycles. The van der Waals surface area contributed by atoms with Crippen LogP contribution in [-0.2, 0) is 6.54 Å². The molecular weight excluding hydrogens is 488 g/mol. The summed E-state index contributed by atoms with van der Waals surface area (Å²) in [6, 6.07) is 17.0. The number of aryl methyl sites for hydroxylation is 1. The molecule has 202 valence electrons. The minimum atomic E-state index is -0.450. The molecule has 3 unspecified atom stereocenters. The SMILES string of the molecule is Cc1ccc(C(=O)N(CCCN)C(c2nc3c(c(=O)n2Cc2ccccc2)OC2C=CC=CC32)C(C)C)cc1. The van der Waals surface area contributed by atoms with Crippen LogP contribution in [-0.4, -0.2) is 39.6 Å². The number of carbonyl (C=O) groups excluding carboxylic acids is 1. The summed E-state index contributed by atoms with van der Waals surface area (Å²) in [4.78, 5) is 35.1. The maximum absolute atomic E-state index is 14.1. The molecule has 2 N–H and O–H groups in total. The van der Waals surface area contributed by atoms with Crippen LogP contribution >= 0.6 is 0 Å². The molecule has 1 aromatic heterocycles. The minimum Gasteiger partial charge on any atom is -0.478 e. The summed E-state index contributed by atoms with van der Waals surface area (Å²) in [5.74, 6) is 0.604. The van der Waals surface area contributed by atoms with Gasteiger partial charge in [-0.1, -0.05) is 80.1 Å². The van der Waals surface area contributed by atoms with Crippen LogP contribution in [0.15, 0.2) is 83.7 Å². The fourth-order valence-corrected chi connectivity index (χ4v) is 5.42. The van der Waals surface area contributed by atoms with Crippen molar-refractivity contribution in [3.63, 3.8) is 0 Å². The summed E-state index contributed by atoms with van der Waals surface area (Å²) in [6.45, 7) is 7.36. The van der Waals surface area contributed by atoms with E-state index in [9.17, 15) is 9.59 Å². The topological polar surface area (TPSA) is 90.5 Å². The summed E-state index contributed by atoms with van der Waals surface area (Å²) in [6.07, 6.45) is 8.26. The summed E-state index contributed by atoms with van der Waals surface area (Å²) >= 11 is 0. The van der Waals surface area contributed by atoms with Gasteiger partial charge in [-0.2, -0.15) is 0 Å². The van der Waals surface area contributed by atoms with Gasteiger partial charge in [0.05, 0.1) is 18.5 Å². The third-order valence-electron chi connectivity index (χ3n) is 7.42. The summed E-state index contributed by atoms with van der Waals surface area (Å²) in [5, 5.41) is 0. The van der Waals surface area contributed by atoms with Crippen LogP contribution in [0.3, 0.4) is 0 Å². The van der Waals surface area contributed by atoms with Crippen molar-refractivity contribution >= 4 is 5.91 Å². The van der Waals surface area contributed by atoms with E-state index >= 15 is 0 Å². The lowest BCUT2D eigenvalue weighted by atomic mass is 9.95. The van der Waals surface area contributed by atoms with E-state index < -0.39 is 6.04 Å². The number of hydrogen-bond acceptors (Lipinski definition) is 5. The normalized spacial score (nSPS) is 18.0. The van der Waals surface area contributed by atoms with Gasteiger partial charge in [0.15, 0.2) is 0 Å². The Labute approximate surface area is 229 Å². The fraction of sp³-hybridized carbons (Fsp3) is 0.344. The first-order valence-electron chi connectivity index (χ1n) is 13.7. The smallest absolute Gasteiger partial charge is 0.296 e. The van der Waals surface area contributed by atoms with Gasteiger partial charge in [0, 0.05) is 12.1 Å². The van der Waals surface area contributed by atoms with Gasteiger partial charge in [0.25, 0.3) is 11.5 Å². The van der Waals surface area contributed by atoms with E-state index in [1.165, 1.54) is 0 Å². The van der Waals surface area contributed by atoms with Crippen molar-refractivity contribution in [1.29, 1.82) is 0 Å². The third-order valence-corrected chi connectivity index (χ3v) is 7.42. The van der Waals surface area contributed by atoms with Crippen LogP contribution < -0.4 is 16.0 Å². The Balaban J connectivity index is 1.68. The number of nitrogens with zero attached hydrogens (tertiary/aromatic N) is 3. The number of nitrogens with two attached hydrogens (primary N) is 1. The van der Waals surface area contributed by atoms with E-state index in [2.05, 4.69) is 13.8 Å². The molecule has 1 aliphatic carbocycles. The standard InChI is InChI=1S/C32H36N4O3/c1-21(2)28(35(19-9-18-33)31(37)24-16-14-22(3)15-17-24)30-34-27-25-12-7-8-13-26(25)39-29(27)32(38)36(30)20-23-10-5-4-6-11-23/h4-8,10-17,21,25-26,28H,9,18-20,33H2,1-3H3. The van der Waals surface area contributed by atoms with Crippen LogP contribution in [0.2, 0.25) is 0 Å². The molecule has 7 heteroatoms. The minimum absolute atomic E-state index is 0.0240. The maximum Gasteiger partial charge on any atom is 0.296 e. The van der Waals surface area contributed by atoms with Crippen molar-refractivity contribution in [2.75, 3.05) is 13.1 Å². The van der Waals surface area contributed by atoms with Crippen molar-refractivity contribution in [3.05, 3.63) is 117 Å². The zero-order valence-corrected chi connectivity index (χ0v) is 22.8. The summed E-state index contributed by atoms with van der Waals surface area (Å²) in [5.41, 5.74) is 8.99. The number of rotatable bonds is 9. The molecule has 1 amide bonds. The first-order chi connectivity index (χ1) is 18.9. The van der Waals surface area contributed by atoms with E-state index in [4.69, 9.17) is 15.5 Å². The van der Waals surface area contributed by atoms with Crippen LogP contribution in [0.5, 0.6) is 5.75 Å². The van der Waals surface area contributed by atoms with Crippen LogP contribution in [0.4, 0.5) is 0 Å². The van der Waals surface area contributed by atoms with Gasteiger partial charge < -0.3 is 15.4 Å². The van der Waals surface area contributed by atoms with Gasteiger partial charge in [-0.3, -0.25) is 14.2 Å². The van der Waals surface area contributed by atoms with E-state index in [1.54, 1.807) is 4.57 Å². The molecule has 3 aromatic rings. The summed E-state index contributed by atoms with van der Waals surface area (Å²) < 4.78 is 7.83. The number of aromatic nitrogens is 2. The number of ether oxygens (including phenoxy) is 1. The van der Waals surface area contributed by atoms with Gasteiger partial charge in [-0.15, -0.1) is 0 Å². The van der Waals surface area contributed by atoms with Crippen LogP contribution in [0.25, 0.3) is 0 Å². The molecule has 2 aliphatic rings. The number of amides is 1. The van der Waals surface area contributed by atoms with Gasteiger partial charge >= 0.3 is 0 Å². The quantitative estimate of drug-likeness (QED) is 0.436. The molecule has 0 radical (unpaired) electrons. The number of carbonyl (C=O) groups is 1. The second-order valence-corrected chi connectivity index (χ2v) is 10.6. The largest absolute Gasteiger partial charge is 0.478 e. The average Bonchev–Trinajstić information content (AvgIpc) is 3.32. The third kappa shape index (κ3) is 5.32. The predicted octanol–water partition coefficient (Wildman–Crippen LogP) is 4.76. The van der Waals surface area contributed by atoms with E-state index in [0.717, 1.165) is 11.1 Å². The molecule has 1 aliphatic heterocycles. The molecule has 0 saturated heterocycles. The van der Waals surface area contributed by atoms with Gasteiger partial charge in [0.2, 0.25) is 5.75 Å². The Hall–Kier alpha value is -3.97. The molecule has 0 saturated carbocycles. The first kappa shape index (κ1) is 26.6. The second-order valence-electron chi connectivity index (χ2n) is 10.6. The van der Waals surface area contributed by atoms with Crippen molar-refractivity contribution in [2.24, 2.45) is 11.7 Å². The van der Waals surface area contributed by atoms with Crippen molar-refractivity contribution in [3.8, 4) is 5.75 Å². The van der Waals surface area contributed by atoms with Crippen molar-refractivity contribution in [2.45, 2.75) is 51.8 Å². The van der Waals surface area contributed by atoms with Gasteiger partial charge in [-0.25, -0.2) is 4.98 Å². The maximum atomic E-state index is 14.1. The molecule has 0 bridgehead atoms. The highest BCUT2D eigenvalue weighted by Gasteiger charge is 2.40. The number of allylic oxidation sites excluding steroid dienone is 2.